The third-order valence-electron chi connectivity index (χ3n) is 9.32. The van der Waals surface area contributed by atoms with E-state index in [0.29, 0.717) is 24.2 Å². The minimum Gasteiger partial charge on any atom is -0.469 e. The molecule has 0 spiro atoms. The van der Waals surface area contributed by atoms with Crippen LogP contribution in [0.2, 0.25) is 0 Å². The van der Waals surface area contributed by atoms with Gasteiger partial charge in [-0.2, -0.15) is 0 Å². The molecule has 4 aliphatic carbocycles. The minimum absolute atomic E-state index is 0.0607. The van der Waals surface area contributed by atoms with E-state index >= 15 is 0 Å². The average Bonchev–Trinajstić information content (AvgIpc) is 3.01. The van der Waals surface area contributed by atoms with Crippen molar-refractivity contribution < 1.29 is 19.4 Å². The predicted octanol–water partition coefficient (Wildman–Crippen LogP) is 3.91. The largest absolute Gasteiger partial charge is 0.469 e. The zero-order valence-corrected chi connectivity index (χ0v) is 17.2. The van der Waals surface area contributed by atoms with Crippen molar-refractivity contribution in [1.29, 1.82) is 0 Å². The summed E-state index contributed by atoms with van der Waals surface area (Å²) >= 11 is 0. The summed E-state index contributed by atoms with van der Waals surface area (Å²) in [4.78, 5) is 24.2. The highest BCUT2D eigenvalue weighted by Crippen LogP contribution is 2.67. The van der Waals surface area contributed by atoms with Gasteiger partial charge in [-0.3, -0.25) is 9.59 Å². The lowest BCUT2D eigenvalue weighted by Gasteiger charge is -2.60. The molecule has 4 rings (SSSR count). The van der Waals surface area contributed by atoms with Crippen molar-refractivity contribution in [1.82, 2.24) is 0 Å². The quantitative estimate of drug-likeness (QED) is 0.744. The second-order valence-corrected chi connectivity index (χ2v) is 10.1. The molecule has 0 bridgehead atoms. The van der Waals surface area contributed by atoms with Crippen LogP contribution in [-0.2, 0) is 14.3 Å². The molecule has 0 heterocycles. The Morgan fingerprint density at radius 2 is 1.96 bits per heavy atom. The zero-order chi connectivity index (χ0) is 19.6. The maximum absolute atomic E-state index is 12.2. The van der Waals surface area contributed by atoms with Crippen molar-refractivity contribution in [3.05, 3.63) is 11.6 Å². The molecular weight excluding hydrogens is 340 g/mol. The van der Waals surface area contributed by atoms with Crippen LogP contribution >= 0.6 is 0 Å². The fourth-order valence-electron chi connectivity index (χ4n) is 7.73. The van der Waals surface area contributed by atoms with Crippen LogP contribution in [0.15, 0.2) is 11.6 Å². The van der Waals surface area contributed by atoms with E-state index in [1.807, 2.05) is 13.0 Å². The summed E-state index contributed by atoms with van der Waals surface area (Å²) in [5, 5.41) is 11.4. The Hall–Kier alpha value is -1.16. The molecule has 0 aliphatic heterocycles. The molecule has 8 atom stereocenters. The van der Waals surface area contributed by atoms with Gasteiger partial charge in [0.2, 0.25) is 0 Å². The zero-order valence-electron chi connectivity index (χ0n) is 17.2. The van der Waals surface area contributed by atoms with Gasteiger partial charge in [-0.15, -0.1) is 0 Å². The van der Waals surface area contributed by atoms with Gasteiger partial charge in [-0.1, -0.05) is 26.3 Å². The van der Waals surface area contributed by atoms with Crippen molar-refractivity contribution in [3.8, 4) is 0 Å². The monoisotopic (exact) mass is 374 g/mol. The van der Waals surface area contributed by atoms with Crippen molar-refractivity contribution in [2.45, 2.75) is 71.8 Å². The first-order valence-corrected chi connectivity index (χ1v) is 10.7. The van der Waals surface area contributed by atoms with E-state index < -0.39 is 6.10 Å². The molecule has 3 saturated carbocycles. The van der Waals surface area contributed by atoms with Crippen LogP contribution in [0.4, 0.5) is 0 Å². The Balaban J connectivity index is 1.67. The Kier molecular flexibility index (Phi) is 4.57. The normalized spacial score (nSPS) is 47.4. The number of fused-ring (bicyclic) bond motifs is 5. The Morgan fingerprint density at radius 1 is 1.22 bits per heavy atom. The summed E-state index contributed by atoms with van der Waals surface area (Å²) in [7, 11) is 1.46. The molecule has 150 valence electrons. The van der Waals surface area contributed by atoms with E-state index in [0.717, 1.165) is 38.5 Å². The average molecular weight is 375 g/mol. The van der Waals surface area contributed by atoms with E-state index in [2.05, 4.69) is 13.8 Å². The van der Waals surface area contributed by atoms with Crippen LogP contribution in [0, 0.1) is 40.4 Å². The third-order valence-corrected chi connectivity index (χ3v) is 9.32. The van der Waals surface area contributed by atoms with Gasteiger partial charge in [0.15, 0.2) is 5.78 Å². The Morgan fingerprint density at radius 3 is 2.67 bits per heavy atom. The number of ketones is 1. The molecule has 4 aliphatic rings. The molecule has 3 fully saturated rings. The van der Waals surface area contributed by atoms with Crippen molar-refractivity contribution in [2.75, 3.05) is 7.11 Å². The maximum atomic E-state index is 12.2. The van der Waals surface area contributed by atoms with Crippen molar-refractivity contribution in [2.24, 2.45) is 40.4 Å². The number of esters is 1. The maximum Gasteiger partial charge on any atom is 0.308 e. The number of allylic oxidation sites excluding steroid dienone is 1. The highest BCUT2D eigenvalue weighted by Gasteiger charge is 2.63. The molecule has 0 amide bonds. The number of carbonyl (C=O) groups is 2. The molecule has 0 aromatic carbocycles. The SMILES string of the molecule is COC(=O)C(C)[C@H]1CC[C@H]2[C@@H]3CCC4=CC(=O)CC[C@]4(C)[C@H]3CC(O)[C@]12C. The first-order chi connectivity index (χ1) is 12.7. The van der Waals surface area contributed by atoms with Crippen LogP contribution < -0.4 is 0 Å². The number of rotatable bonds is 2. The van der Waals surface area contributed by atoms with E-state index in [9.17, 15) is 14.7 Å². The lowest BCUT2D eigenvalue weighted by Crippen LogP contribution is -2.57. The summed E-state index contributed by atoms with van der Waals surface area (Å²) < 4.78 is 5.03. The molecular formula is C23H34O4. The lowest BCUT2D eigenvalue weighted by molar-refractivity contribution is -0.160. The van der Waals surface area contributed by atoms with Crippen molar-refractivity contribution in [3.63, 3.8) is 0 Å². The van der Waals surface area contributed by atoms with Gasteiger partial charge in [-0.25, -0.2) is 0 Å². The number of hydrogen-bond acceptors (Lipinski definition) is 4. The third kappa shape index (κ3) is 2.58. The van der Waals surface area contributed by atoms with Gasteiger partial charge in [0, 0.05) is 11.8 Å². The second-order valence-electron chi connectivity index (χ2n) is 10.1. The standard InChI is InChI=1S/C23H34O4/c1-13(21(26)27-4)17-7-8-18-16-6-5-14-11-15(24)9-10-22(14,2)19(16)12-20(25)23(17,18)3/h11,13,16-20,25H,5-10,12H2,1-4H3/t13?,16-,17+,18-,19-,20?,22-,23+/m0/s1. The fourth-order valence-corrected chi connectivity index (χ4v) is 7.73. The lowest BCUT2D eigenvalue weighted by atomic mass is 9.45. The summed E-state index contributed by atoms with van der Waals surface area (Å²) in [6.07, 6.45) is 8.11. The first-order valence-electron chi connectivity index (χ1n) is 10.7. The molecule has 0 aromatic rings. The van der Waals surface area contributed by atoms with Crippen LogP contribution in [0.25, 0.3) is 0 Å². The number of aliphatic hydroxyl groups excluding tert-OH is 1. The molecule has 4 nitrogen and oxygen atoms in total. The van der Waals surface area contributed by atoms with Crippen LogP contribution in [0.3, 0.4) is 0 Å². The Labute approximate surface area is 162 Å². The highest BCUT2D eigenvalue weighted by molar-refractivity contribution is 5.91. The number of carbonyl (C=O) groups excluding carboxylic acids is 2. The Bertz CT molecular complexity index is 682. The van der Waals surface area contributed by atoms with Crippen LogP contribution in [0.1, 0.15) is 65.7 Å². The van der Waals surface area contributed by atoms with Gasteiger partial charge in [0.1, 0.15) is 0 Å². The van der Waals surface area contributed by atoms with Crippen molar-refractivity contribution >= 4 is 11.8 Å². The van der Waals surface area contributed by atoms with Gasteiger partial charge in [0.05, 0.1) is 19.1 Å². The summed E-state index contributed by atoms with van der Waals surface area (Å²) in [6.45, 7) is 6.54. The van der Waals surface area contributed by atoms with Crippen LogP contribution in [-0.4, -0.2) is 30.1 Å². The number of hydrogen-bond donors (Lipinski definition) is 1. The van der Waals surface area contributed by atoms with Gasteiger partial charge < -0.3 is 9.84 Å². The van der Waals surface area contributed by atoms with E-state index in [4.69, 9.17) is 4.74 Å². The number of methoxy groups -OCH3 is 1. The minimum atomic E-state index is -0.392. The fraction of sp³-hybridized carbons (Fsp3) is 0.826. The number of aliphatic hydroxyl groups is 1. The summed E-state index contributed by atoms with van der Waals surface area (Å²) in [6, 6.07) is 0. The molecule has 0 aromatic heterocycles. The van der Waals surface area contributed by atoms with E-state index in [1.165, 1.54) is 12.7 Å². The first kappa shape index (κ1) is 19.2. The summed E-state index contributed by atoms with van der Waals surface area (Å²) in [5.41, 5.74) is 1.18. The molecule has 4 heteroatoms. The number of ether oxygens (including phenoxy) is 1. The predicted molar refractivity (Wildman–Crippen MR) is 103 cm³/mol. The summed E-state index contributed by atoms with van der Waals surface area (Å²) in [5.74, 6) is 1.63. The van der Waals surface area contributed by atoms with E-state index in [-0.39, 0.29) is 34.4 Å². The highest BCUT2D eigenvalue weighted by atomic mass is 16.5. The van der Waals surface area contributed by atoms with Crippen LogP contribution in [0.5, 0.6) is 0 Å². The smallest absolute Gasteiger partial charge is 0.308 e. The molecule has 27 heavy (non-hydrogen) atoms. The second kappa shape index (κ2) is 6.43. The molecule has 0 saturated heterocycles. The van der Waals surface area contributed by atoms with Gasteiger partial charge >= 0.3 is 5.97 Å². The van der Waals surface area contributed by atoms with Gasteiger partial charge in [0.25, 0.3) is 0 Å². The van der Waals surface area contributed by atoms with Gasteiger partial charge in [-0.05, 0) is 73.7 Å². The molecule has 1 N–H and O–H groups in total. The topological polar surface area (TPSA) is 63.6 Å². The van der Waals surface area contributed by atoms with E-state index in [1.54, 1.807) is 0 Å². The molecule has 2 unspecified atom stereocenters. The molecule has 0 radical (unpaired) electrons.